The number of carbonyl (C=O) groups is 1. The van der Waals surface area contributed by atoms with Gasteiger partial charge < -0.3 is 30.6 Å². The van der Waals surface area contributed by atoms with E-state index in [0.717, 1.165) is 6.42 Å². The Balaban J connectivity index is 1.62. The molecular formula is C27H46O7. The molecule has 0 radical (unpaired) electrons. The second-order valence-electron chi connectivity index (χ2n) is 13.6. The summed E-state index contributed by atoms with van der Waals surface area (Å²) in [4.78, 5) is 13.3. The van der Waals surface area contributed by atoms with Gasteiger partial charge >= 0.3 is 0 Å². The van der Waals surface area contributed by atoms with Crippen LogP contribution in [0.25, 0.3) is 0 Å². The summed E-state index contributed by atoms with van der Waals surface area (Å²) in [7, 11) is 0. The van der Waals surface area contributed by atoms with E-state index in [1.807, 2.05) is 6.92 Å². The normalized spacial score (nSPS) is 49.6. The SMILES string of the molecule is CC(C)(O)CC[C@@H](O)[C@](C)(O)[C@H]1CC[C@]2(O)C3CC(=O)[C@@H]4C[C@@H](O)[C@@H](O)C[C@]4(C)[C@@H]3CC[C@]12C. The largest absolute Gasteiger partial charge is 0.390 e. The van der Waals surface area contributed by atoms with E-state index in [2.05, 4.69) is 6.92 Å². The monoisotopic (exact) mass is 482 g/mol. The summed E-state index contributed by atoms with van der Waals surface area (Å²) in [5, 5.41) is 65.6. The van der Waals surface area contributed by atoms with Gasteiger partial charge in [-0.3, -0.25) is 4.79 Å². The predicted octanol–water partition coefficient (Wildman–Crippen LogP) is 1.93. The minimum atomic E-state index is -1.44. The fourth-order valence-electron chi connectivity index (χ4n) is 8.98. The molecule has 0 aromatic rings. The van der Waals surface area contributed by atoms with E-state index in [4.69, 9.17) is 0 Å². The summed E-state index contributed by atoms with van der Waals surface area (Å²) in [6, 6.07) is 0. The van der Waals surface area contributed by atoms with Gasteiger partial charge in [-0.25, -0.2) is 0 Å². The molecule has 34 heavy (non-hydrogen) atoms. The number of carbonyl (C=O) groups excluding carboxylic acids is 1. The molecule has 6 N–H and O–H groups in total. The van der Waals surface area contributed by atoms with Crippen LogP contribution in [0.2, 0.25) is 0 Å². The van der Waals surface area contributed by atoms with Crippen molar-refractivity contribution in [1.82, 2.24) is 0 Å². The molecule has 0 aliphatic heterocycles. The number of aliphatic hydroxyl groups is 6. The lowest BCUT2D eigenvalue weighted by Crippen LogP contribution is -2.66. The summed E-state index contributed by atoms with van der Waals surface area (Å²) in [5.41, 5.74) is -4.66. The molecule has 4 aliphatic carbocycles. The molecule has 7 heteroatoms. The van der Waals surface area contributed by atoms with E-state index < -0.39 is 45.9 Å². The number of rotatable bonds is 5. The molecule has 4 aliphatic rings. The topological polar surface area (TPSA) is 138 Å². The van der Waals surface area contributed by atoms with Crippen LogP contribution in [-0.4, -0.2) is 71.5 Å². The van der Waals surface area contributed by atoms with Gasteiger partial charge in [-0.2, -0.15) is 0 Å². The Morgan fingerprint density at radius 2 is 1.68 bits per heavy atom. The molecule has 0 heterocycles. The highest BCUT2D eigenvalue weighted by atomic mass is 16.3. The zero-order chi connectivity index (χ0) is 25.5. The third-order valence-corrected chi connectivity index (χ3v) is 11.1. The second kappa shape index (κ2) is 8.22. The quantitative estimate of drug-likeness (QED) is 0.352. The van der Waals surface area contributed by atoms with Crippen LogP contribution in [0.3, 0.4) is 0 Å². The van der Waals surface area contributed by atoms with Crippen LogP contribution in [-0.2, 0) is 4.79 Å². The van der Waals surface area contributed by atoms with Crippen LogP contribution >= 0.6 is 0 Å². The first-order valence-corrected chi connectivity index (χ1v) is 13.2. The van der Waals surface area contributed by atoms with Gasteiger partial charge in [-0.05, 0) is 95.3 Å². The van der Waals surface area contributed by atoms with Crippen LogP contribution in [0.5, 0.6) is 0 Å². The van der Waals surface area contributed by atoms with Crippen molar-refractivity contribution in [3.05, 3.63) is 0 Å². The molecule has 196 valence electrons. The van der Waals surface area contributed by atoms with E-state index in [1.165, 1.54) is 0 Å². The Kier molecular flexibility index (Phi) is 6.40. The Labute approximate surface area is 203 Å². The third-order valence-electron chi connectivity index (χ3n) is 11.1. The zero-order valence-corrected chi connectivity index (χ0v) is 21.5. The van der Waals surface area contributed by atoms with Gasteiger partial charge in [0.2, 0.25) is 0 Å². The van der Waals surface area contributed by atoms with Gasteiger partial charge in [0.25, 0.3) is 0 Å². The maximum atomic E-state index is 13.3. The number of aliphatic hydroxyl groups excluding tert-OH is 3. The first kappa shape index (κ1) is 26.5. The Hall–Kier alpha value is -0.570. The lowest BCUT2D eigenvalue weighted by atomic mass is 9.42. The van der Waals surface area contributed by atoms with Crippen molar-refractivity contribution in [1.29, 1.82) is 0 Å². The lowest BCUT2D eigenvalue weighted by molar-refractivity contribution is -0.232. The molecule has 1 unspecified atom stereocenters. The van der Waals surface area contributed by atoms with Crippen LogP contribution in [0.4, 0.5) is 0 Å². The van der Waals surface area contributed by atoms with Crippen molar-refractivity contribution in [3.63, 3.8) is 0 Å². The van der Waals surface area contributed by atoms with Crippen molar-refractivity contribution in [2.75, 3.05) is 0 Å². The Bertz CT molecular complexity index is 805. The summed E-state index contributed by atoms with van der Waals surface area (Å²) >= 11 is 0. The van der Waals surface area contributed by atoms with Gasteiger partial charge in [0.05, 0.1) is 35.1 Å². The molecule has 4 fully saturated rings. The molecule has 0 saturated heterocycles. The number of hydrogen-bond acceptors (Lipinski definition) is 7. The number of Topliss-reactive ketones (excluding diaryl/α,β-unsaturated/α-hetero) is 1. The van der Waals surface area contributed by atoms with E-state index in [1.54, 1.807) is 20.8 Å². The molecular weight excluding hydrogens is 436 g/mol. The zero-order valence-electron chi connectivity index (χ0n) is 21.5. The average Bonchev–Trinajstić information content (AvgIpc) is 3.00. The smallest absolute Gasteiger partial charge is 0.137 e. The Morgan fingerprint density at radius 1 is 1.03 bits per heavy atom. The summed E-state index contributed by atoms with van der Waals surface area (Å²) < 4.78 is 0. The van der Waals surface area contributed by atoms with Gasteiger partial charge in [0.1, 0.15) is 5.78 Å². The highest BCUT2D eigenvalue weighted by Crippen LogP contribution is 2.69. The van der Waals surface area contributed by atoms with Crippen LogP contribution < -0.4 is 0 Å². The summed E-state index contributed by atoms with van der Waals surface area (Å²) in [5.74, 6) is -0.796. The molecule has 7 nitrogen and oxygen atoms in total. The van der Waals surface area contributed by atoms with Crippen molar-refractivity contribution < 1.29 is 35.4 Å². The number of hydrogen-bond donors (Lipinski definition) is 6. The van der Waals surface area contributed by atoms with Crippen LogP contribution in [0.1, 0.15) is 92.4 Å². The fraction of sp³-hybridized carbons (Fsp3) is 0.963. The molecule has 4 saturated carbocycles. The Morgan fingerprint density at radius 3 is 2.29 bits per heavy atom. The third kappa shape index (κ3) is 3.81. The maximum absolute atomic E-state index is 13.3. The highest BCUT2D eigenvalue weighted by molar-refractivity contribution is 5.83. The van der Waals surface area contributed by atoms with Gasteiger partial charge in [0.15, 0.2) is 0 Å². The number of ketones is 1. The van der Waals surface area contributed by atoms with Gasteiger partial charge in [-0.15, -0.1) is 0 Å². The summed E-state index contributed by atoms with van der Waals surface area (Å²) in [6.07, 6.45) is 1.18. The van der Waals surface area contributed by atoms with E-state index >= 15 is 0 Å². The van der Waals surface area contributed by atoms with E-state index in [9.17, 15) is 35.4 Å². The molecule has 0 bridgehead atoms. The van der Waals surface area contributed by atoms with E-state index in [0.29, 0.717) is 32.1 Å². The van der Waals surface area contributed by atoms with Gasteiger partial charge in [-0.1, -0.05) is 13.8 Å². The second-order valence-corrected chi connectivity index (χ2v) is 13.6. The molecule has 11 atom stereocenters. The van der Waals surface area contributed by atoms with Gasteiger partial charge in [0, 0.05) is 17.8 Å². The lowest BCUT2D eigenvalue weighted by Gasteiger charge is -2.64. The average molecular weight is 483 g/mol. The molecule has 0 amide bonds. The first-order chi connectivity index (χ1) is 15.5. The predicted molar refractivity (Wildman–Crippen MR) is 127 cm³/mol. The van der Waals surface area contributed by atoms with Crippen molar-refractivity contribution >= 4 is 5.78 Å². The highest BCUT2D eigenvalue weighted by Gasteiger charge is 2.71. The van der Waals surface area contributed by atoms with Crippen molar-refractivity contribution in [2.24, 2.45) is 34.5 Å². The van der Waals surface area contributed by atoms with Crippen molar-refractivity contribution in [2.45, 2.75) is 128 Å². The van der Waals surface area contributed by atoms with Crippen LogP contribution in [0.15, 0.2) is 0 Å². The molecule has 0 aromatic carbocycles. The van der Waals surface area contributed by atoms with E-state index in [-0.39, 0.29) is 48.7 Å². The van der Waals surface area contributed by atoms with Crippen LogP contribution in [0, 0.1) is 34.5 Å². The molecule has 0 spiro atoms. The standard InChI is InChI=1S/C27H46O7/c1-23(2,32)9-8-22(31)26(5,33)21-7-11-27(34)16-12-18(28)17-13-19(29)20(30)14-24(17,3)15(16)6-10-25(21,27)4/h15-17,19-22,29-34H,6-14H2,1-5H3/t15-,16?,17+,19-,20+,21+,22-,24-,25-,26-,27+/m1/s1. The summed E-state index contributed by atoms with van der Waals surface area (Å²) in [6.45, 7) is 9.08. The fourth-order valence-corrected chi connectivity index (χ4v) is 8.98. The minimum absolute atomic E-state index is 0.0548. The van der Waals surface area contributed by atoms with Crippen molar-refractivity contribution in [3.8, 4) is 0 Å². The minimum Gasteiger partial charge on any atom is -0.390 e. The maximum Gasteiger partial charge on any atom is 0.137 e. The molecule has 0 aromatic heterocycles. The molecule has 4 rings (SSSR count). The first-order valence-electron chi connectivity index (χ1n) is 13.2. The number of fused-ring (bicyclic) bond motifs is 5.